The highest BCUT2D eigenvalue weighted by atomic mass is 15.1. The van der Waals surface area contributed by atoms with E-state index in [9.17, 15) is 0 Å². The van der Waals surface area contributed by atoms with Crippen molar-refractivity contribution < 1.29 is 0 Å². The van der Waals surface area contributed by atoms with Crippen LogP contribution >= 0.6 is 0 Å². The van der Waals surface area contributed by atoms with Gasteiger partial charge < -0.3 is 4.90 Å². The van der Waals surface area contributed by atoms with E-state index < -0.39 is 0 Å². The van der Waals surface area contributed by atoms with Gasteiger partial charge in [0.2, 0.25) is 0 Å². The van der Waals surface area contributed by atoms with E-state index >= 15 is 0 Å². The van der Waals surface area contributed by atoms with Crippen LogP contribution in [-0.2, 0) is 0 Å². The zero-order valence-electron chi connectivity index (χ0n) is 14.9. The Hall–Kier alpha value is -0.0400. The number of hydrogen-bond acceptors (Lipinski definition) is 1. The Labute approximate surface area is 129 Å². The predicted molar refractivity (Wildman–Crippen MR) is 93.4 cm³/mol. The lowest BCUT2D eigenvalue weighted by Gasteiger charge is -2.16. The highest BCUT2D eigenvalue weighted by molar-refractivity contribution is 4.57. The molecule has 20 heavy (non-hydrogen) atoms. The second-order valence-electron chi connectivity index (χ2n) is 7.05. The maximum absolute atomic E-state index is 2.39. The van der Waals surface area contributed by atoms with Crippen molar-refractivity contribution in [2.24, 2.45) is 5.92 Å². The molecule has 0 aliphatic carbocycles. The molecule has 0 amide bonds. The number of hydrogen-bond donors (Lipinski definition) is 0. The van der Waals surface area contributed by atoms with Crippen LogP contribution in [-0.4, -0.2) is 25.5 Å². The highest BCUT2D eigenvalue weighted by Crippen LogP contribution is 2.14. The zero-order chi connectivity index (χ0) is 15.1. The van der Waals surface area contributed by atoms with E-state index in [2.05, 4.69) is 32.8 Å². The van der Waals surface area contributed by atoms with Gasteiger partial charge in [0.15, 0.2) is 0 Å². The van der Waals surface area contributed by atoms with Crippen LogP contribution in [0.5, 0.6) is 0 Å². The van der Waals surface area contributed by atoms with Crippen molar-refractivity contribution in [1.82, 2.24) is 4.90 Å². The van der Waals surface area contributed by atoms with E-state index in [0.717, 1.165) is 5.92 Å². The Morgan fingerprint density at radius 1 is 0.650 bits per heavy atom. The third-order valence-electron chi connectivity index (χ3n) is 4.23. The van der Waals surface area contributed by atoms with Gasteiger partial charge >= 0.3 is 0 Å². The van der Waals surface area contributed by atoms with Crippen molar-refractivity contribution >= 4 is 0 Å². The first-order valence-corrected chi connectivity index (χ1v) is 9.31. The summed E-state index contributed by atoms with van der Waals surface area (Å²) in [6.07, 6.45) is 18.9. The lowest BCUT2D eigenvalue weighted by molar-refractivity contribution is 0.321. The Bertz CT molecular complexity index is 177. The Morgan fingerprint density at radius 3 is 1.45 bits per heavy atom. The fourth-order valence-corrected chi connectivity index (χ4v) is 3.05. The Kier molecular flexibility index (Phi) is 15.3. The van der Waals surface area contributed by atoms with Crippen molar-refractivity contribution in [2.75, 3.05) is 20.6 Å². The average Bonchev–Trinajstić information content (AvgIpc) is 2.39. The minimum absolute atomic E-state index is 0.869. The van der Waals surface area contributed by atoms with E-state index in [4.69, 9.17) is 0 Å². The Morgan fingerprint density at radius 2 is 1.05 bits per heavy atom. The third-order valence-corrected chi connectivity index (χ3v) is 4.23. The normalized spacial score (nSPS) is 13.1. The maximum Gasteiger partial charge on any atom is 0.0000920 e. The summed E-state index contributed by atoms with van der Waals surface area (Å²) in [4.78, 5) is 2.31. The third kappa shape index (κ3) is 16.0. The minimum Gasteiger partial charge on any atom is -0.309 e. The second kappa shape index (κ2) is 15.4. The van der Waals surface area contributed by atoms with Gasteiger partial charge in [0.25, 0.3) is 0 Å². The molecule has 0 fully saturated rings. The fraction of sp³-hybridized carbons (Fsp3) is 1.00. The van der Waals surface area contributed by atoms with Gasteiger partial charge in [0.05, 0.1) is 0 Å². The number of rotatable bonds is 15. The lowest BCUT2D eigenvalue weighted by atomic mass is 10.0. The van der Waals surface area contributed by atoms with Crippen LogP contribution in [0.1, 0.15) is 97.3 Å². The van der Waals surface area contributed by atoms with Gasteiger partial charge in [-0.1, -0.05) is 90.9 Å². The standard InChI is InChI=1S/C19H41N/c1-5-6-7-8-9-10-11-12-13-14-15-16-17-19(2)18-20(3)4/h19H,5-18H2,1-4H3. The molecular formula is C19H41N. The first kappa shape index (κ1) is 20.0. The molecule has 0 saturated carbocycles. The quantitative estimate of drug-likeness (QED) is 0.320. The topological polar surface area (TPSA) is 3.24 Å². The number of unbranched alkanes of at least 4 members (excludes halogenated alkanes) is 11. The predicted octanol–water partition coefficient (Wildman–Crippen LogP) is 6.28. The van der Waals surface area contributed by atoms with Crippen molar-refractivity contribution in [2.45, 2.75) is 97.3 Å². The summed E-state index contributed by atoms with van der Waals surface area (Å²) in [5.74, 6) is 0.869. The van der Waals surface area contributed by atoms with Gasteiger partial charge in [-0.25, -0.2) is 0 Å². The van der Waals surface area contributed by atoms with E-state index in [0.29, 0.717) is 0 Å². The van der Waals surface area contributed by atoms with Crippen molar-refractivity contribution in [3.63, 3.8) is 0 Å². The molecule has 0 N–H and O–H groups in total. The molecule has 1 atom stereocenters. The molecule has 0 aromatic heterocycles. The largest absolute Gasteiger partial charge is 0.309 e. The van der Waals surface area contributed by atoms with Crippen LogP contribution in [0.2, 0.25) is 0 Å². The van der Waals surface area contributed by atoms with E-state index in [1.165, 1.54) is 90.0 Å². The molecule has 1 nitrogen and oxygen atoms in total. The Balaban J connectivity index is 3.06. The highest BCUT2D eigenvalue weighted by Gasteiger charge is 2.02. The zero-order valence-corrected chi connectivity index (χ0v) is 14.9. The fourth-order valence-electron chi connectivity index (χ4n) is 3.05. The van der Waals surface area contributed by atoms with E-state index in [-0.39, 0.29) is 0 Å². The molecule has 0 bridgehead atoms. The summed E-state index contributed by atoms with van der Waals surface area (Å²) in [6, 6.07) is 0. The van der Waals surface area contributed by atoms with Crippen molar-refractivity contribution in [3.8, 4) is 0 Å². The molecule has 0 spiro atoms. The molecule has 0 saturated heterocycles. The molecule has 0 radical (unpaired) electrons. The first-order chi connectivity index (χ1) is 9.66. The molecule has 0 heterocycles. The van der Waals surface area contributed by atoms with Crippen molar-refractivity contribution in [1.29, 1.82) is 0 Å². The van der Waals surface area contributed by atoms with Crippen LogP contribution in [0, 0.1) is 5.92 Å². The summed E-state index contributed by atoms with van der Waals surface area (Å²) >= 11 is 0. The monoisotopic (exact) mass is 283 g/mol. The smallest absolute Gasteiger partial charge is 0.0000920 e. The van der Waals surface area contributed by atoms with Crippen LogP contribution in [0.15, 0.2) is 0 Å². The SMILES string of the molecule is CCCCCCCCCCCCCCC(C)CN(C)C. The van der Waals surface area contributed by atoms with E-state index in [1.54, 1.807) is 0 Å². The van der Waals surface area contributed by atoms with Crippen LogP contribution in [0.4, 0.5) is 0 Å². The molecule has 1 unspecified atom stereocenters. The molecule has 1 heteroatoms. The second-order valence-corrected chi connectivity index (χ2v) is 7.05. The van der Waals surface area contributed by atoms with Gasteiger partial charge in [-0.15, -0.1) is 0 Å². The summed E-state index contributed by atoms with van der Waals surface area (Å²) in [5.41, 5.74) is 0. The lowest BCUT2D eigenvalue weighted by Crippen LogP contribution is -2.19. The molecule has 0 aliphatic heterocycles. The molecule has 0 aromatic carbocycles. The van der Waals surface area contributed by atoms with Gasteiger partial charge in [0.1, 0.15) is 0 Å². The number of nitrogens with zero attached hydrogens (tertiary/aromatic N) is 1. The summed E-state index contributed by atoms with van der Waals surface area (Å²) < 4.78 is 0. The van der Waals surface area contributed by atoms with Gasteiger partial charge in [-0.2, -0.15) is 0 Å². The summed E-state index contributed by atoms with van der Waals surface area (Å²) in [6.45, 7) is 5.93. The molecule has 122 valence electrons. The molecule has 0 aromatic rings. The van der Waals surface area contributed by atoms with E-state index in [1.807, 2.05) is 0 Å². The minimum atomic E-state index is 0.869. The molecule has 0 rings (SSSR count). The van der Waals surface area contributed by atoms with Crippen molar-refractivity contribution in [3.05, 3.63) is 0 Å². The molecule has 0 aliphatic rings. The van der Waals surface area contributed by atoms with Gasteiger partial charge in [-0.05, 0) is 26.4 Å². The average molecular weight is 284 g/mol. The van der Waals surface area contributed by atoms with Gasteiger partial charge in [0, 0.05) is 6.54 Å². The summed E-state index contributed by atoms with van der Waals surface area (Å²) in [5, 5.41) is 0. The maximum atomic E-state index is 2.39. The van der Waals surface area contributed by atoms with Crippen LogP contribution in [0.3, 0.4) is 0 Å². The molecular weight excluding hydrogens is 242 g/mol. The van der Waals surface area contributed by atoms with Crippen LogP contribution in [0.25, 0.3) is 0 Å². The summed E-state index contributed by atoms with van der Waals surface area (Å²) in [7, 11) is 4.36. The first-order valence-electron chi connectivity index (χ1n) is 9.31. The van der Waals surface area contributed by atoms with Gasteiger partial charge in [-0.3, -0.25) is 0 Å². The van der Waals surface area contributed by atoms with Crippen LogP contribution < -0.4 is 0 Å².